The summed E-state index contributed by atoms with van der Waals surface area (Å²) in [6.07, 6.45) is 9.43. The van der Waals surface area contributed by atoms with Crippen LogP contribution < -0.4 is 4.90 Å². The van der Waals surface area contributed by atoms with Crippen molar-refractivity contribution in [1.29, 1.82) is 0 Å². The van der Waals surface area contributed by atoms with Crippen LogP contribution in [0.3, 0.4) is 0 Å². The number of rotatable bonds is 8. The number of hydrogen-bond acceptors (Lipinski definition) is 4. The van der Waals surface area contributed by atoms with E-state index in [2.05, 4.69) is 211 Å². The minimum Gasteiger partial charge on any atom is -0.316 e. The van der Waals surface area contributed by atoms with Crippen molar-refractivity contribution in [1.82, 2.24) is 24.1 Å². The van der Waals surface area contributed by atoms with Gasteiger partial charge in [0, 0.05) is 81.1 Å². The highest BCUT2D eigenvalue weighted by atomic mass is 15.1. The number of para-hydroxylation sites is 2. The van der Waals surface area contributed by atoms with Gasteiger partial charge in [-0.15, -0.1) is 0 Å². The van der Waals surface area contributed by atoms with E-state index < -0.39 is 0 Å². The van der Waals surface area contributed by atoms with Crippen LogP contribution in [-0.2, 0) is 0 Å². The van der Waals surface area contributed by atoms with Gasteiger partial charge in [-0.25, -0.2) is 9.97 Å². The van der Waals surface area contributed by atoms with Gasteiger partial charge >= 0.3 is 0 Å². The molecule has 7 aromatic carbocycles. The summed E-state index contributed by atoms with van der Waals surface area (Å²) in [4.78, 5) is 15.5. The highest BCUT2D eigenvalue weighted by Gasteiger charge is 2.19. The summed E-state index contributed by atoms with van der Waals surface area (Å²) in [5, 5.41) is 3.67. The molecule has 0 atom stereocenters. The maximum Gasteiger partial charge on any atom is 0.159 e. The smallest absolute Gasteiger partial charge is 0.159 e. The molecule has 0 aliphatic rings. The predicted molar refractivity (Wildman–Crippen MR) is 242 cm³/mol. The first-order valence-corrected chi connectivity index (χ1v) is 19.7. The van der Waals surface area contributed by atoms with Gasteiger partial charge in [0.15, 0.2) is 5.82 Å². The SMILES string of the molecule is c1ccc(-n2ccc3c2ccc2c4cc(-c5ccc(N(c6ccc(-c7cccnc7)cc6)c6ccc(-c7ncccn7)cc6)cc5)ccc4n(-c4ccccc4)c23)cc1. The zero-order valence-electron chi connectivity index (χ0n) is 32.0. The largest absolute Gasteiger partial charge is 0.316 e. The van der Waals surface area contributed by atoms with Crippen LogP contribution in [0.5, 0.6) is 0 Å². The van der Waals surface area contributed by atoms with Crippen molar-refractivity contribution in [2.24, 2.45) is 0 Å². The molecular weight excluding hydrogens is 721 g/mol. The third-order valence-electron chi connectivity index (χ3n) is 11.2. The number of hydrogen-bond donors (Lipinski definition) is 0. The molecule has 0 amide bonds. The van der Waals surface area contributed by atoms with Crippen LogP contribution in [0.15, 0.2) is 219 Å². The zero-order valence-corrected chi connectivity index (χ0v) is 32.0. The molecule has 0 radical (unpaired) electrons. The molecule has 11 aromatic rings. The van der Waals surface area contributed by atoms with E-state index in [-0.39, 0.29) is 0 Å². The van der Waals surface area contributed by atoms with E-state index in [1.54, 1.807) is 18.6 Å². The second-order valence-electron chi connectivity index (χ2n) is 14.6. The molecule has 0 aliphatic heterocycles. The molecule has 0 aliphatic carbocycles. The van der Waals surface area contributed by atoms with E-state index >= 15 is 0 Å². The fraction of sp³-hybridized carbons (Fsp3) is 0. The summed E-state index contributed by atoms with van der Waals surface area (Å²) >= 11 is 0. The van der Waals surface area contributed by atoms with Crippen LogP contribution in [0.4, 0.5) is 17.1 Å². The molecule has 0 saturated carbocycles. The lowest BCUT2D eigenvalue weighted by Crippen LogP contribution is -2.09. The van der Waals surface area contributed by atoms with E-state index in [4.69, 9.17) is 0 Å². The van der Waals surface area contributed by atoms with Crippen LogP contribution in [0, 0.1) is 0 Å². The molecule has 278 valence electrons. The van der Waals surface area contributed by atoms with Crippen LogP contribution in [-0.4, -0.2) is 24.1 Å². The number of anilines is 3. The van der Waals surface area contributed by atoms with Gasteiger partial charge < -0.3 is 14.0 Å². The van der Waals surface area contributed by atoms with Crippen molar-refractivity contribution in [3.63, 3.8) is 0 Å². The monoisotopic (exact) mass is 756 g/mol. The molecule has 6 nitrogen and oxygen atoms in total. The highest BCUT2D eigenvalue weighted by Crippen LogP contribution is 2.41. The van der Waals surface area contributed by atoms with Crippen molar-refractivity contribution in [2.75, 3.05) is 4.90 Å². The zero-order chi connectivity index (χ0) is 39.1. The molecular formula is C53H36N6. The average molecular weight is 757 g/mol. The molecule has 0 unspecified atom stereocenters. The van der Waals surface area contributed by atoms with Crippen LogP contribution in [0.2, 0.25) is 0 Å². The fourth-order valence-electron chi connectivity index (χ4n) is 8.36. The van der Waals surface area contributed by atoms with Gasteiger partial charge in [-0.05, 0) is 131 Å². The highest BCUT2D eigenvalue weighted by molar-refractivity contribution is 6.19. The molecule has 4 aromatic heterocycles. The number of pyridine rings is 1. The van der Waals surface area contributed by atoms with Gasteiger partial charge in [-0.3, -0.25) is 4.98 Å². The minimum absolute atomic E-state index is 0.703. The van der Waals surface area contributed by atoms with Gasteiger partial charge in [-0.2, -0.15) is 0 Å². The summed E-state index contributed by atoms with van der Waals surface area (Å²) in [5.41, 5.74) is 14.5. The molecule has 0 saturated heterocycles. The van der Waals surface area contributed by atoms with Crippen molar-refractivity contribution < 1.29 is 0 Å². The number of nitrogens with zero attached hydrogens (tertiary/aromatic N) is 6. The summed E-state index contributed by atoms with van der Waals surface area (Å²) in [5.74, 6) is 0.703. The predicted octanol–water partition coefficient (Wildman–Crippen LogP) is 13.4. The van der Waals surface area contributed by atoms with Gasteiger partial charge in [0.2, 0.25) is 0 Å². The molecule has 59 heavy (non-hydrogen) atoms. The Kier molecular flexibility index (Phi) is 8.37. The Balaban J connectivity index is 1.00. The molecule has 4 heterocycles. The van der Waals surface area contributed by atoms with Crippen molar-refractivity contribution in [2.45, 2.75) is 0 Å². The lowest BCUT2D eigenvalue weighted by molar-refractivity contribution is 1.13. The van der Waals surface area contributed by atoms with Crippen LogP contribution >= 0.6 is 0 Å². The lowest BCUT2D eigenvalue weighted by atomic mass is 10.0. The molecule has 0 bridgehead atoms. The van der Waals surface area contributed by atoms with Gasteiger partial charge in [0.05, 0.1) is 16.6 Å². The Morgan fingerprint density at radius 3 is 1.63 bits per heavy atom. The second kappa shape index (κ2) is 14.4. The van der Waals surface area contributed by atoms with Crippen LogP contribution in [0.1, 0.15) is 0 Å². The minimum atomic E-state index is 0.703. The standard InChI is InChI=1S/C53H36N6/c1-3-10-42(11-4-1)57-34-30-48-50(57)29-27-47-49-35-40(20-28-51(49)59(52(47)48)43-12-5-2-6-13-43)37-14-21-44(22-15-37)58(45-23-16-38(17-24-45)41-9-7-31-54-36-41)46-25-18-39(19-26-46)53-55-32-8-33-56-53/h1-36H. The van der Waals surface area contributed by atoms with E-state index in [1.165, 1.54) is 32.7 Å². The Morgan fingerprint density at radius 2 is 0.983 bits per heavy atom. The average Bonchev–Trinajstić information content (AvgIpc) is 3.90. The van der Waals surface area contributed by atoms with Gasteiger partial charge in [-0.1, -0.05) is 78.9 Å². The Morgan fingerprint density at radius 1 is 0.390 bits per heavy atom. The summed E-state index contributed by atoms with van der Waals surface area (Å²) < 4.78 is 4.70. The summed E-state index contributed by atoms with van der Waals surface area (Å²) in [6.45, 7) is 0. The first kappa shape index (κ1) is 34.2. The fourth-order valence-corrected chi connectivity index (χ4v) is 8.36. The normalized spacial score (nSPS) is 11.4. The van der Waals surface area contributed by atoms with E-state index in [0.29, 0.717) is 5.82 Å². The van der Waals surface area contributed by atoms with Crippen molar-refractivity contribution in [3.8, 4) is 45.0 Å². The molecule has 11 rings (SSSR count). The first-order chi connectivity index (χ1) is 29.3. The molecule has 6 heteroatoms. The van der Waals surface area contributed by atoms with Gasteiger partial charge in [0.1, 0.15) is 0 Å². The molecule has 0 spiro atoms. The molecule has 0 N–H and O–H groups in total. The van der Waals surface area contributed by atoms with E-state index in [1.807, 2.05) is 18.3 Å². The maximum absolute atomic E-state index is 4.46. The summed E-state index contributed by atoms with van der Waals surface area (Å²) in [6, 6.07) is 66.8. The number of benzene rings is 7. The maximum atomic E-state index is 4.46. The van der Waals surface area contributed by atoms with Gasteiger partial charge in [0.25, 0.3) is 0 Å². The topological polar surface area (TPSA) is 51.8 Å². The molecule has 0 fully saturated rings. The summed E-state index contributed by atoms with van der Waals surface area (Å²) in [7, 11) is 0. The van der Waals surface area contributed by atoms with E-state index in [9.17, 15) is 0 Å². The number of fused-ring (bicyclic) bond motifs is 5. The van der Waals surface area contributed by atoms with Crippen molar-refractivity contribution >= 4 is 49.8 Å². The third-order valence-corrected chi connectivity index (χ3v) is 11.2. The van der Waals surface area contributed by atoms with Crippen molar-refractivity contribution in [3.05, 3.63) is 219 Å². The number of aromatic nitrogens is 5. The van der Waals surface area contributed by atoms with Crippen LogP contribution in [0.25, 0.3) is 77.7 Å². The second-order valence-corrected chi connectivity index (χ2v) is 14.6. The Hall–Kier alpha value is -8.09. The first-order valence-electron chi connectivity index (χ1n) is 19.7. The Bertz CT molecular complexity index is 3130. The quantitative estimate of drug-likeness (QED) is 0.155. The Labute approximate surface area is 341 Å². The van der Waals surface area contributed by atoms with E-state index in [0.717, 1.165) is 56.3 Å². The third kappa shape index (κ3) is 6.11. The lowest BCUT2D eigenvalue weighted by Gasteiger charge is -2.26.